The van der Waals surface area contributed by atoms with Crippen molar-refractivity contribution in [1.29, 1.82) is 0 Å². The van der Waals surface area contributed by atoms with E-state index in [2.05, 4.69) is 16.0 Å². The van der Waals surface area contributed by atoms with Crippen LogP contribution in [0.25, 0.3) is 0 Å². The summed E-state index contributed by atoms with van der Waals surface area (Å²) in [5, 5.41) is 9.49. The van der Waals surface area contributed by atoms with Crippen molar-refractivity contribution in [3.8, 4) is 0 Å². The van der Waals surface area contributed by atoms with Gasteiger partial charge in [-0.25, -0.2) is 0 Å². The Morgan fingerprint density at radius 3 is 2.54 bits per heavy atom. The monoisotopic (exact) mass is 395 g/mol. The number of para-hydroxylation sites is 1. The number of hydrogen-bond donors (Lipinski definition) is 3. The fourth-order valence-electron chi connectivity index (χ4n) is 3.93. The maximum Gasteiger partial charge on any atom is 0.237 e. The van der Waals surface area contributed by atoms with Crippen LogP contribution < -0.4 is 16.0 Å². The summed E-state index contributed by atoms with van der Waals surface area (Å²) in [7, 11) is 0. The number of carbonyl (C=O) groups is 2. The summed E-state index contributed by atoms with van der Waals surface area (Å²) < 4.78 is 0. The van der Waals surface area contributed by atoms with E-state index in [1.807, 2.05) is 54.6 Å². The molecule has 2 aromatic carbocycles. The van der Waals surface area contributed by atoms with Crippen molar-refractivity contribution in [2.75, 3.05) is 5.32 Å². The summed E-state index contributed by atoms with van der Waals surface area (Å²) in [6.07, 6.45) is 4.54. The highest BCUT2D eigenvalue weighted by molar-refractivity contribution is 7.99. The van der Waals surface area contributed by atoms with E-state index in [0.29, 0.717) is 0 Å². The number of carbonyl (C=O) groups excluding carboxylic acids is 2. The van der Waals surface area contributed by atoms with E-state index in [9.17, 15) is 9.59 Å². The molecule has 2 fully saturated rings. The first kappa shape index (κ1) is 19.0. The van der Waals surface area contributed by atoms with Gasteiger partial charge >= 0.3 is 0 Å². The van der Waals surface area contributed by atoms with Gasteiger partial charge < -0.3 is 16.0 Å². The van der Waals surface area contributed by atoms with Crippen LogP contribution in [-0.2, 0) is 9.59 Å². The molecule has 1 aliphatic carbocycles. The first-order valence-corrected chi connectivity index (χ1v) is 10.7. The summed E-state index contributed by atoms with van der Waals surface area (Å²) >= 11 is 1.61. The van der Waals surface area contributed by atoms with Gasteiger partial charge in [-0.05, 0) is 37.1 Å². The molecule has 3 N–H and O–H groups in total. The minimum absolute atomic E-state index is 0.0646. The zero-order valence-corrected chi connectivity index (χ0v) is 16.5. The number of piperazine rings is 1. The van der Waals surface area contributed by atoms with E-state index in [-0.39, 0.29) is 30.3 Å². The predicted molar refractivity (Wildman–Crippen MR) is 111 cm³/mol. The van der Waals surface area contributed by atoms with Crippen molar-refractivity contribution < 1.29 is 9.59 Å². The van der Waals surface area contributed by atoms with Gasteiger partial charge in [-0.15, -0.1) is 0 Å². The lowest BCUT2D eigenvalue weighted by Gasteiger charge is -2.40. The minimum atomic E-state index is -0.465. The molecule has 6 heteroatoms. The standard InChI is InChI=1S/C22H25N3O2S/c26-21(14-19-22(27)25-17-11-5-4-10-16(17)23-19)24-18-12-6-7-13-20(18)28-15-8-2-1-3-9-15/h1-3,6-9,12-13,16-17,19,23H,4-5,10-11,14H2,(H,24,26)(H,25,27)/t16-,17-,19+/m0/s1. The molecule has 4 rings (SSSR count). The molecule has 0 aromatic heterocycles. The lowest BCUT2D eigenvalue weighted by atomic mass is 9.87. The lowest BCUT2D eigenvalue weighted by molar-refractivity contribution is -0.129. The SMILES string of the molecule is O=C(C[C@H]1N[C@H]2CCCC[C@@H]2NC1=O)Nc1ccccc1Sc1ccccc1. The molecule has 2 aliphatic rings. The van der Waals surface area contributed by atoms with Crippen LogP contribution >= 0.6 is 11.8 Å². The molecule has 0 spiro atoms. The second kappa shape index (κ2) is 8.80. The third-order valence-electron chi connectivity index (χ3n) is 5.35. The minimum Gasteiger partial charge on any atom is -0.350 e. The van der Waals surface area contributed by atoms with E-state index < -0.39 is 6.04 Å². The van der Waals surface area contributed by atoms with Crippen LogP contribution in [0.3, 0.4) is 0 Å². The molecule has 1 saturated heterocycles. The van der Waals surface area contributed by atoms with Crippen LogP contribution in [0.2, 0.25) is 0 Å². The van der Waals surface area contributed by atoms with Crippen LogP contribution in [-0.4, -0.2) is 29.9 Å². The maximum atomic E-state index is 12.7. The number of rotatable bonds is 5. The molecule has 0 unspecified atom stereocenters. The Hall–Kier alpha value is -2.31. The highest BCUT2D eigenvalue weighted by Crippen LogP contribution is 2.33. The smallest absolute Gasteiger partial charge is 0.237 e. The second-order valence-corrected chi connectivity index (χ2v) is 8.50. The summed E-state index contributed by atoms with van der Waals surface area (Å²) in [6, 6.07) is 17.8. The normalized spacial score (nSPS) is 24.1. The van der Waals surface area contributed by atoms with Crippen molar-refractivity contribution in [3.05, 3.63) is 54.6 Å². The van der Waals surface area contributed by atoms with Gasteiger partial charge in [0.1, 0.15) is 0 Å². The van der Waals surface area contributed by atoms with Crippen molar-refractivity contribution in [3.63, 3.8) is 0 Å². The first-order valence-electron chi connectivity index (χ1n) is 9.87. The summed E-state index contributed by atoms with van der Waals surface area (Å²) in [5.74, 6) is -0.215. The molecule has 1 saturated carbocycles. The van der Waals surface area contributed by atoms with Gasteiger partial charge in [-0.1, -0.05) is 54.9 Å². The summed E-state index contributed by atoms with van der Waals surface area (Å²) in [5.41, 5.74) is 0.771. The zero-order chi connectivity index (χ0) is 19.3. The largest absolute Gasteiger partial charge is 0.350 e. The van der Waals surface area contributed by atoms with Crippen molar-refractivity contribution >= 4 is 29.3 Å². The average Bonchev–Trinajstić information content (AvgIpc) is 2.71. The quantitative estimate of drug-likeness (QED) is 0.724. The number of hydrogen-bond acceptors (Lipinski definition) is 4. The molecule has 1 aliphatic heterocycles. The Morgan fingerprint density at radius 2 is 1.71 bits per heavy atom. The fraction of sp³-hybridized carbons (Fsp3) is 0.364. The van der Waals surface area contributed by atoms with Gasteiger partial charge in [0.05, 0.1) is 18.2 Å². The van der Waals surface area contributed by atoms with Crippen LogP contribution in [0.15, 0.2) is 64.4 Å². The first-order chi connectivity index (χ1) is 13.7. The van der Waals surface area contributed by atoms with Gasteiger partial charge in [-0.2, -0.15) is 0 Å². The summed E-state index contributed by atoms with van der Waals surface area (Å²) in [4.78, 5) is 27.1. The Labute approximate surface area is 169 Å². The molecule has 1 heterocycles. The molecular formula is C22H25N3O2S. The number of amides is 2. The van der Waals surface area contributed by atoms with E-state index in [0.717, 1.165) is 34.7 Å². The topological polar surface area (TPSA) is 70.2 Å². The zero-order valence-electron chi connectivity index (χ0n) is 15.7. The van der Waals surface area contributed by atoms with Crippen molar-refractivity contribution in [2.45, 2.75) is 60.0 Å². The number of fused-ring (bicyclic) bond motifs is 1. The van der Waals surface area contributed by atoms with E-state index in [4.69, 9.17) is 0 Å². The number of nitrogens with one attached hydrogen (secondary N) is 3. The van der Waals surface area contributed by atoms with Crippen molar-refractivity contribution in [1.82, 2.24) is 10.6 Å². The molecule has 5 nitrogen and oxygen atoms in total. The number of anilines is 1. The average molecular weight is 396 g/mol. The molecule has 3 atom stereocenters. The molecule has 2 aromatic rings. The van der Waals surface area contributed by atoms with Gasteiger partial charge in [0.15, 0.2) is 0 Å². The van der Waals surface area contributed by atoms with Gasteiger partial charge in [0, 0.05) is 21.9 Å². The highest BCUT2D eigenvalue weighted by Gasteiger charge is 2.37. The molecular weight excluding hydrogens is 370 g/mol. The third kappa shape index (κ3) is 4.56. The molecule has 0 bridgehead atoms. The Kier molecular flexibility index (Phi) is 5.98. The van der Waals surface area contributed by atoms with E-state index in [1.54, 1.807) is 11.8 Å². The van der Waals surface area contributed by atoms with E-state index >= 15 is 0 Å². The number of benzene rings is 2. The predicted octanol–water partition coefficient (Wildman–Crippen LogP) is 3.57. The van der Waals surface area contributed by atoms with Crippen LogP contribution in [0, 0.1) is 0 Å². The Morgan fingerprint density at radius 1 is 1.00 bits per heavy atom. The molecule has 2 amide bonds. The van der Waals surface area contributed by atoms with Gasteiger partial charge in [0.25, 0.3) is 0 Å². The maximum absolute atomic E-state index is 12.7. The van der Waals surface area contributed by atoms with Crippen LogP contribution in [0.5, 0.6) is 0 Å². The van der Waals surface area contributed by atoms with E-state index in [1.165, 1.54) is 6.42 Å². The summed E-state index contributed by atoms with van der Waals surface area (Å²) in [6.45, 7) is 0. The third-order valence-corrected chi connectivity index (χ3v) is 6.43. The van der Waals surface area contributed by atoms with Crippen LogP contribution in [0.1, 0.15) is 32.1 Å². The van der Waals surface area contributed by atoms with Gasteiger partial charge in [-0.3, -0.25) is 9.59 Å². The van der Waals surface area contributed by atoms with Crippen LogP contribution in [0.4, 0.5) is 5.69 Å². The van der Waals surface area contributed by atoms with Gasteiger partial charge in [0.2, 0.25) is 11.8 Å². The lowest BCUT2D eigenvalue weighted by Crippen LogP contribution is -2.65. The second-order valence-electron chi connectivity index (χ2n) is 7.39. The van der Waals surface area contributed by atoms with Crippen molar-refractivity contribution in [2.24, 2.45) is 0 Å². The highest BCUT2D eigenvalue weighted by atomic mass is 32.2. The Balaban J connectivity index is 1.39. The fourth-order valence-corrected chi connectivity index (χ4v) is 4.86. The molecule has 0 radical (unpaired) electrons. The molecule has 146 valence electrons. The molecule has 28 heavy (non-hydrogen) atoms. The Bertz CT molecular complexity index is 843.